The molecule has 1 amide bonds. The topological polar surface area (TPSA) is 78.2 Å². The van der Waals surface area contributed by atoms with Crippen molar-refractivity contribution in [3.63, 3.8) is 0 Å². The van der Waals surface area contributed by atoms with Crippen molar-refractivity contribution in [1.29, 1.82) is 0 Å². The smallest absolute Gasteiger partial charge is 0.350 e. The molecule has 0 aliphatic heterocycles. The number of aromatic nitrogens is 3. The Morgan fingerprint density at radius 1 is 1.14 bits per heavy atom. The lowest BCUT2D eigenvalue weighted by Crippen LogP contribution is -2.32. The number of benzene rings is 2. The summed E-state index contributed by atoms with van der Waals surface area (Å²) in [5.74, 6) is 1.68. The van der Waals surface area contributed by atoms with Gasteiger partial charge in [0.15, 0.2) is 0 Å². The van der Waals surface area contributed by atoms with E-state index in [-0.39, 0.29) is 11.6 Å². The van der Waals surface area contributed by atoms with E-state index < -0.39 is 0 Å². The number of hydrogen-bond donors (Lipinski definition) is 1. The lowest BCUT2D eigenvalue weighted by Gasteiger charge is -2.06. The molecule has 7 nitrogen and oxygen atoms in total. The third kappa shape index (κ3) is 4.23. The Bertz CT molecular complexity index is 1030. The first-order chi connectivity index (χ1) is 14.2. The van der Waals surface area contributed by atoms with Crippen LogP contribution in [-0.2, 0) is 6.54 Å². The molecule has 0 spiro atoms. The van der Waals surface area contributed by atoms with Crippen molar-refractivity contribution in [3.05, 3.63) is 76.5 Å². The molecule has 1 aliphatic carbocycles. The Kier molecular flexibility index (Phi) is 5.46. The van der Waals surface area contributed by atoms with Gasteiger partial charge in [-0.25, -0.2) is 14.0 Å². The zero-order valence-corrected chi connectivity index (χ0v) is 16.4. The highest BCUT2D eigenvalue weighted by atomic mass is 16.5. The molecule has 2 aromatic carbocycles. The Morgan fingerprint density at radius 3 is 2.52 bits per heavy atom. The Labute approximate surface area is 168 Å². The van der Waals surface area contributed by atoms with Crippen LogP contribution < -0.4 is 15.7 Å². The van der Waals surface area contributed by atoms with Gasteiger partial charge in [0, 0.05) is 18.0 Å². The van der Waals surface area contributed by atoms with Crippen LogP contribution in [0.15, 0.2) is 59.4 Å². The van der Waals surface area contributed by atoms with Crippen LogP contribution in [0.2, 0.25) is 0 Å². The third-order valence-electron chi connectivity index (χ3n) is 4.86. The standard InChI is InChI=1S/C22H24N4O3/c1-2-29-19-12-10-17(11-13-19)21(27)23-14-15-25-22(28)26(18-6-4-3-5-7-18)20(24-25)16-8-9-16/h3-7,10-13,16H,2,8-9,14-15H2,1H3,(H,23,27). The zero-order chi connectivity index (χ0) is 20.2. The molecule has 29 heavy (non-hydrogen) atoms. The lowest BCUT2D eigenvalue weighted by atomic mass is 10.2. The van der Waals surface area contributed by atoms with Crippen molar-refractivity contribution in [1.82, 2.24) is 19.7 Å². The van der Waals surface area contributed by atoms with E-state index in [2.05, 4.69) is 10.4 Å². The summed E-state index contributed by atoms with van der Waals surface area (Å²) < 4.78 is 8.52. The van der Waals surface area contributed by atoms with Crippen molar-refractivity contribution in [2.45, 2.75) is 32.2 Å². The maximum absolute atomic E-state index is 12.9. The van der Waals surface area contributed by atoms with Gasteiger partial charge in [-0.2, -0.15) is 5.10 Å². The minimum Gasteiger partial charge on any atom is -0.494 e. The maximum atomic E-state index is 12.9. The summed E-state index contributed by atoms with van der Waals surface area (Å²) in [6, 6.07) is 16.5. The van der Waals surface area contributed by atoms with Crippen molar-refractivity contribution >= 4 is 5.91 Å². The average Bonchev–Trinajstić information content (AvgIpc) is 3.54. The quantitative estimate of drug-likeness (QED) is 0.639. The summed E-state index contributed by atoms with van der Waals surface area (Å²) in [7, 11) is 0. The first-order valence-corrected chi connectivity index (χ1v) is 9.93. The van der Waals surface area contributed by atoms with Crippen LogP contribution in [0.3, 0.4) is 0 Å². The molecule has 1 heterocycles. The number of ether oxygens (including phenoxy) is 1. The first-order valence-electron chi connectivity index (χ1n) is 9.93. The monoisotopic (exact) mass is 392 g/mol. The van der Waals surface area contributed by atoms with Crippen LogP contribution in [0, 0.1) is 0 Å². The molecule has 4 rings (SSSR count). The fourth-order valence-electron chi connectivity index (χ4n) is 3.24. The molecular weight excluding hydrogens is 368 g/mol. The highest BCUT2D eigenvalue weighted by Gasteiger charge is 2.31. The molecule has 0 unspecified atom stereocenters. The molecule has 3 aromatic rings. The van der Waals surface area contributed by atoms with Crippen LogP contribution >= 0.6 is 0 Å². The first kappa shape index (κ1) is 19.0. The van der Waals surface area contributed by atoms with E-state index in [9.17, 15) is 9.59 Å². The molecule has 0 radical (unpaired) electrons. The van der Waals surface area contributed by atoms with E-state index in [1.165, 1.54) is 4.68 Å². The predicted molar refractivity (Wildman–Crippen MR) is 110 cm³/mol. The minimum absolute atomic E-state index is 0.173. The van der Waals surface area contributed by atoms with E-state index in [0.717, 1.165) is 30.1 Å². The van der Waals surface area contributed by atoms with Gasteiger partial charge in [0.05, 0.1) is 18.8 Å². The number of nitrogens with zero attached hydrogens (tertiary/aromatic N) is 3. The predicted octanol–water partition coefficient (Wildman–Crippen LogP) is 2.74. The van der Waals surface area contributed by atoms with Crippen LogP contribution in [0.1, 0.15) is 41.9 Å². The third-order valence-corrected chi connectivity index (χ3v) is 4.86. The summed E-state index contributed by atoms with van der Waals surface area (Å²) in [5, 5.41) is 7.40. The van der Waals surface area contributed by atoms with Crippen LogP contribution in [0.4, 0.5) is 0 Å². The molecule has 1 saturated carbocycles. The average molecular weight is 392 g/mol. The van der Waals surface area contributed by atoms with Gasteiger partial charge in [-0.15, -0.1) is 0 Å². The molecule has 150 valence electrons. The van der Waals surface area contributed by atoms with Gasteiger partial charge in [0.1, 0.15) is 11.6 Å². The second-order valence-corrected chi connectivity index (χ2v) is 7.02. The fourth-order valence-corrected chi connectivity index (χ4v) is 3.24. The molecule has 1 aromatic heterocycles. The minimum atomic E-state index is -0.189. The van der Waals surface area contributed by atoms with Crippen molar-refractivity contribution < 1.29 is 9.53 Å². The van der Waals surface area contributed by atoms with E-state index in [1.807, 2.05) is 37.3 Å². The molecule has 1 aliphatic rings. The molecule has 0 atom stereocenters. The summed E-state index contributed by atoms with van der Waals surface area (Å²) in [6.07, 6.45) is 2.11. The Morgan fingerprint density at radius 2 is 1.86 bits per heavy atom. The second kappa shape index (κ2) is 8.34. The number of para-hydroxylation sites is 1. The number of amides is 1. The molecule has 0 saturated heterocycles. The molecular formula is C22H24N4O3. The number of hydrogen-bond acceptors (Lipinski definition) is 4. The van der Waals surface area contributed by atoms with Crippen molar-refractivity contribution in [2.75, 3.05) is 13.2 Å². The zero-order valence-electron chi connectivity index (χ0n) is 16.4. The van der Waals surface area contributed by atoms with Gasteiger partial charge in [-0.1, -0.05) is 18.2 Å². The molecule has 7 heteroatoms. The number of carbonyl (C=O) groups excluding carboxylic acids is 1. The van der Waals surface area contributed by atoms with E-state index in [4.69, 9.17) is 4.74 Å². The SMILES string of the molecule is CCOc1ccc(C(=O)NCCn2nc(C3CC3)n(-c3ccccc3)c2=O)cc1. The molecule has 0 bridgehead atoms. The number of carbonyl (C=O) groups is 1. The highest BCUT2D eigenvalue weighted by molar-refractivity contribution is 5.94. The van der Waals surface area contributed by atoms with E-state index >= 15 is 0 Å². The van der Waals surface area contributed by atoms with Gasteiger partial charge < -0.3 is 10.1 Å². The van der Waals surface area contributed by atoms with Crippen LogP contribution in [0.25, 0.3) is 5.69 Å². The van der Waals surface area contributed by atoms with E-state index in [1.54, 1.807) is 28.8 Å². The highest BCUT2D eigenvalue weighted by Crippen LogP contribution is 2.39. The van der Waals surface area contributed by atoms with Gasteiger partial charge in [0.25, 0.3) is 5.91 Å². The van der Waals surface area contributed by atoms with Crippen LogP contribution in [-0.4, -0.2) is 33.4 Å². The van der Waals surface area contributed by atoms with Crippen molar-refractivity contribution in [2.24, 2.45) is 0 Å². The maximum Gasteiger partial charge on any atom is 0.350 e. The molecule has 1 N–H and O–H groups in total. The molecule has 1 fully saturated rings. The van der Waals surface area contributed by atoms with Gasteiger partial charge in [-0.3, -0.25) is 4.79 Å². The van der Waals surface area contributed by atoms with Gasteiger partial charge >= 0.3 is 5.69 Å². The Hall–Kier alpha value is -3.35. The lowest BCUT2D eigenvalue weighted by molar-refractivity contribution is 0.0951. The Balaban J connectivity index is 1.44. The summed E-state index contributed by atoms with van der Waals surface area (Å²) in [5.41, 5.74) is 1.20. The largest absolute Gasteiger partial charge is 0.494 e. The van der Waals surface area contributed by atoms with E-state index in [0.29, 0.717) is 31.2 Å². The number of nitrogens with one attached hydrogen (secondary N) is 1. The number of rotatable bonds is 8. The summed E-state index contributed by atoms with van der Waals surface area (Å²) in [4.78, 5) is 25.2. The van der Waals surface area contributed by atoms with Gasteiger partial charge in [0.2, 0.25) is 0 Å². The summed E-state index contributed by atoms with van der Waals surface area (Å²) >= 11 is 0. The fraction of sp³-hybridized carbons (Fsp3) is 0.318. The van der Waals surface area contributed by atoms with Crippen LogP contribution in [0.5, 0.6) is 5.75 Å². The van der Waals surface area contributed by atoms with Gasteiger partial charge in [-0.05, 0) is 56.2 Å². The summed E-state index contributed by atoms with van der Waals surface area (Å²) in [6.45, 7) is 3.14. The van der Waals surface area contributed by atoms with Crippen molar-refractivity contribution in [3.8, 4) is 11.4 Å². The second-order valence-electron chi connectivity index (χ2n) is 7.02. The normalized spacial score (nSPS) is 13.3.